The minimum Gasteiger partial charge on any atom is -0.344 e. The van der Waals surface area contributed by atoms with Gasteiger partial charge >= 0.3 is 0 Å². The van der Waals surface area contributed by atoms with Crippen LogP contribution in [0.25, 0.3) is 21.8 Å². The van der Waals surface area contributed by atoms with E-state index in [1.165, 1.54) is 73.4 Å². The third-order valence-corrected chi connectivity index (χ3v) is 8.22. The fraction of sp³-hybridized carbons (Fsp3) is 0.467. The molecule has 4 nitrogen and oxygen atoms in total. The van der Waals surface area contributed by atoms with Gasteiger partial charge in [0.25, 0.3) is 0 Å². The predicted octanol–water partition coefficient (Wildman–Crippen LogP) is 5.83. The third kappa shape index (κ3) is 3.87. The van der Waals surface area contributed by atoms with Gasteiger partial charge < -0.3 is 18.9 Å². The molecule has 0 radical (unpaired) electrons. The summed E-state index contributed by atoms with van der Waals surface area (Å²) in [4.78, 5) is 4.92. The summed E-state index contributed by atoms with van der Waals surface area (Å²) in [6.07, 6.45) is 7.53. The summed E-state index contributed by atoms with van der Waals surface area (Å²) in [7, 11) is 4.50. The maximum absolute atomic E-state index is 2.64. The molecule has 0 bridgehead atoms. The summed E-state index contributed by atoms with van der Waals surface area (Å²) >= 11 is 0. The van der Waals surface area contributed by atoms with Gasteiger partial charge in [0.2, 0.25) is 0 Å². The average molecular weight is 455 g/mol. The average Bonchev–Trinajstić information content (AvgIpc) is 3.33. The van der Waals surface area contributed by atoms with Crippen molar-refractivity contribution in [3.8, 4) is 0 Å². The van der Waals surface area contributed by atoms with Crippen LogP contribution < -0.4 is 0 Å². The van der Waals surface area contributed by atoms with Gasteiger partial charge in [-0.15, -0.1) is 0 Å². The largest absolute Gasteiger partial charge is 0.344 e. The van der Waals surface area contributed by atoms with Gasteiger partial charge in [0.1, 0.15) is 0 Å². The number of likely N-dealkylation sites (N-methyl/N-ethyl adjacent to an activating group) is 2. The number of nitrogens with zero attached hydrogens (tertiary/aromatic N) is 4. The summed E-state index contributed by atoms with van der Waals surface area (Å²) < 4.78 is 5.29. The minimum absolute atomic E-state index is 1.09. The van der Waals surface area contributed by atoms with Gasteiger partial charge in [-0.25, -0.2) is 0 Å². The van der Waals surface area contributed by atoms with Gasteiger partial charge in [-0.05, 0) is 50.2 Å². The van der Waals surface area contributed by atoms with E-state index >= 15 is 0 Å². The zero-order valence-corrected chi connectivity index (χ0v) is 20.9. The van der Waals surface area contributed by atoms with Crippen molar-refractivity contribution in [1.82, 2.24) is 18.9 Å². The van der Waals surface area contributed by atoms with Gasteiger partial charge in [0, 0.05) is 85.3 Å². The molecule has 0 unspecified atom stereocenters. The van der Waals surface area contributed by atoms with E-state index in [1.807, 2.05) is 0 Å². The van der Waals surface area contributed by atoms with Crippen LogP contribution in [0.4, 0.5) is 0 Å². The summed E-state index contributed by atoms with van der Waals surface area (Å²) in [5, 5.41) is 2.94. The molecule has 4 heterocycles. The first-order chi connectivity index (χ1) is 16.7. The Kier molecular flexibility index (Phi) is 5.96. The van der Waals surface area contributed by atoms with Crippen molar-refractivity contribution in [3.05, 3.63) is 71.0 Å². The predicted molar refractivity (Wildman–Crippen MR) is 142 cm³/mol. The fourth-order valence-corrected chi connectivity index (χ4v) is 6.48. The van der Waals surface area contributed by atoms with Crippen LogP contribution in [0.5, 0.6) is 0 Å². The van der Waals surface area contributed by atoms with Gasteiger partial charge in [0.05, 0.1) is 0 Å². The van der Waals surface area contributed by atoms with Crippen molar-refractivity contribution in [2.75, 3.05) is 27.2 Å². The van der Waals surface area contributed by atoms with Gasteiger partial charge in [0.15, 0.2) is 0 Å². The highest BCUT2D eigenvalue weighted by atomic mass is 15.1. The van der Waals surface area contributed by atoms with E-state index in [4.69, 9.17) is 0 Å². The highest BCUT2D eigenvalue weighted by molar-refractivity contribution is 5.86. The monoisotopic (exact) mass is 454 g/mol. The lowest BCUT2D eigenvalue weighted by molar-refractivity contribution is 0.308. The first-order valence-electron chi connectivity index (χ1n) is 13.3. The van der Waals surface area contributed by atoms with Crippen LogP contribution in [-0.2, 0) is 39.0 Å². The Bertz CT molecular complexity index is 1210. The van der Waals surface area contributed by atoms with Crippen LogP contribution >= 0.6 is 0 Å². The van der Waals surface area contributed by atoms with E-state index in [-0.39, 0.29) is 0 Å². The van der Waals surface area contributed by atoms with Crippen LogP contribution in [0.3, 0.4) is 0 Å². The Labute approximate surface area is 203 Å². The van der Waals surface area contributed by atoms with E-state index < -0.39 is 0 Å². The van der Waals surface area contributed by atoms with Crippen molar-refractivity contribution < 1.29 is 0 Å². The number of hydrogen-bond acceptors (Lipinski definition) is 2. The van der Waals surface area contributed by atoms with E-state index in [2.05, 4.69) is 81.6 Å². The zero-order valence-electron chi connectivity index (χ0n) is 20.9. The second-order valence-electron chi connectivity index (χ2n) is 10.6. The SMILES string of the molecule is CN1CCc2c(c3ccccc3n2CCCCCCn2c3c(c4ccccc42)CN(C)CC3)C1. The fourth-order valence-electron chi connectivity index (χ4n) is 6.48. The molecule has 178 valence electrons. The molecular weight excluding hydrogens is 416 g/mol. The molecule has 2 aliphatic rings. The van der Waals surface area contributed by atoms with Gasteiger partial charge in [-0.1, -0.05) is 49.2 Å². The molecule has 0 fully saturated rings. The molecule has 6 rings (SSSR count). The zero-order chi connectivity index (χ0) is 23.1. The van der Waals surface area contributed by atoms with Crippen LogP contribution in [0, 0.1) is 0 Å². The Morgan fingerprint density at radius 3 is 1.50 bits per heavy atom. The van der Waals surface area contributed by atoms with E-state index in [0.717, 1.165) is 26.2 Å². The van der Waals surface area contributed by atoms with Crippen molar-refractivity contribution >= 4 is 21.8 Å². The van der Waals surface area contributed by atoms with Crippen LogP contribution in [0.2, 0.25) is 0 Å². The Morgan fingerprint density at radius 1 is 0.588 bits per heavy atom. The lowest BCUT2D eigenvalue weighted by Gasteiger charge is -2.24. The number of unbranched alkanes of at least 4 members (excludes halogenated alkanes) is 3. The van der Waals surface area contributed by atoms with Gasteiger partial charge in [-0.2, -0.15) is 0 Å². The standard InChI is InChI=1S/C30H38N4/c1-31-19-15-29-25(21-31)23-11-5-7-13-27(23)33(29)17-9-3-4-10-18-34-28-14-8-6-12-24(28)26-22-32(2)20-16-30(26)34/h5-8,11-14H,3-4,9-10,15-22H2,1-2H3. The molecule has 0 saturated heterocycles. The second-order valence-corrected chi connectivity index (χ2v) is 10.6. The molecule has 34 heavy (non-hydrogen) atoms. The van der Waals surface area contributed by atoms with Crippen LogP contribution in [-0.4, -0.2) is 46.1 Å². The van der Waals surface area contributed by atoms with E-state index in [0.29, 0.717) is 0 Å². The van der Waals surface area contributed by atoms with E-state index in [1.54, 1.807) is 22.5 Å². The number of aryl methyl sites for hydroxylation is 2. The summed E-state index contributed by atoms with van der Waals surface area (Å²) in [5.41, 5.74) is 9.21. The molecule has 0 N–H and O–H groups in total. The molecule has 0 amide bonds. The third-order valence-electron chi connectivity index (χ3n) is 8.22. The normalized spacial score (nSPS) is 16.9. The smallest absolute Gasteiger partial charge is 0.0485 e. The molecule has 2 aliphatic heterocycles. The number of benzene rings is 2. The van der Waals surface area contributed by atoms with Crippen molar-refractivity contribution in [2.24, 2.45) is 0 Å². The number of fused-ring (bicyclic) bond motifs is 6. The minimum atomic E-state index is 1.09. The molecule has 2 aromatic carbocycles. The molecule has 2 aromatic heterocycles. The molecule has 0 aliphatic carbocycles. The molecule has 4 heteroatoms. The molecule has 0 saturated carbocycles. The Morgan fingerprint density at radius 2 is 1.03 bits per heavy atom. The molecular formula is C30H38N4. The lowest BCUT2D eigenvalue weighted by Crippen LogP contribution is -2.27. The van der Waals surface area contributed by atoms with Crippen LogP contribution in [0.15, 0.2) is 48.5 Å². The second kappa shape index (κ2) is 9.24. The van der Waals surface area contributed by atoms with E-state index in [9.17, 15) is 0 Å². The van der Waals surface area contributed by atoms with Crippen molar-refractivity contribution in [2.45, 2.75) is 64.7 Å². The van der Waals surface area contributed by atoms with Crippen LogP contribution in [0.1, 0.15) is 48.2 Å². The lowest BCUT2D eigenvalue weighted by atomic mass is 10.1. The highest BCUT2D eigenvalue weighted by Gasteiger charge is 2.23. The topological polar surface area (TPSA) is 16.3 Å². The summed E-state index contributed by atoms with van der Waals surface area (Å²) in [6, 6.07) is 18.1. The Balaban J connectivity index is 1.10. The maximum Gasteiger partial charge on any atom is 0.0485 e. The number of para-hydroxylation sites is 2. The first kappa shape index (κ1) is 21.9. The molecule has 0 atom stereocenters. The summed E-state index contributed by atoms with van der Waals surface area (Å²) in [5.74, 6) is 0. The molecule has 4 aromatic rings. The number of aromatic nitrogens is 2. The van der Waals surface area contributed by atoms with Crippen molar-refractivity contribution in [1.29, 1.82) is 0 Å². The molecule has 0 spiro atoms. The first-order valence-corrected chi connectivity index (χ1v) is 13.3. The quantitative estimate of drug-likeness (QED) is 0.327. The Hall–Kier alpha value is -2.56. The highest BCUT2D eigenvalue weighted by Crippen LogP contribution is 2.32. The number of hydrogen-bond donors (Lipinski definition) is 0. The van der Waals surface area contributed by atoms with Gasteiger partial charge in [-0.3, -0.25) is 0 Å². The van der Waals surface area contributed by atoms with Crippen molar-refractivity contribution in [3.63, 3.8) is 0 Å². The maximum atomic E-state index is 2.64. The number of rotatable bonds is 7. The summed E-state index contributed by atoms with van der Waals surface area (Å²) in [6.45, 7) is 6.85.